The van der Waals surface area contributed by atoms with Crippen LogP contribution in [0.25, 0.3) is 0 Å². The zero-order valence-electron chi connectivity index (χ0n) is 9.93. The van der Waals surface area contributed by atoms with E-state index in [0.29, 0.717) is 11.3 Å². The van der Waals surface area contributed by atoms with Crippen LogP contribution in [-0.4, -0.2) is 12.7 Å². The highest BCUT2D eigenvalue weighted by Crippen LogP contribution is 2.35. The van der Waals surface area contributed by atoms with Crippen molar-refractivity contribution in [1.82, 2.24) is 0 Å². The summed E-state index contributed by atoms with van der Waals surface area (Å²) in [6.45, 7) is 4.09. The summed E-state index contributed by atoms with van der Waals surface area (Å²) in [7, 11) is 0. The zero-order valence-corrected chi connectivity index (χ0v) is 9.93. The van der Waals surface area contributed by atoms with Gasteiger partial charge in [-0.25, -0.2) is 0 Å². The van der Waals surface area contributed by atoms with Gasteiger partial charge in [-0.05, 0) is 43.4 Å². The van der Waals surface area contributed by atoms with E-state index in [9.17, 15) is 8.78 Å². The number of ether oxygens (including phenoxy) is 1. The van der Waals surface area contributed by atoms with Crippen LogP contribution in [0.15, 0.2) is 0 Å². The highest BCUT2D eigenvalue weighted by Gasteiger charge is 2.26. The van der Waals surface area contributed by atoms with Crippen LogP contribution in [0.2, 0.25) is 0 Å². The summed E-state index contributed by atoms with van der Waals surface area (Å²) in [4.78, 5) is 0. The highest BCUT2D eigenvalue weighted by atomic mass is 19.3. The third kappa shape index (κ3) is 5.45. The molecule has 0 aliphatic heterocycles. The van der Waals surface area contributed by atoms with Gasteiger partial charge in [0, 0.05) is 0 Å². The van der Waals surface area contributed by atoms with Crippen molar-refractivity contribution in [3.63, 3.8) is 0 Å². The Bertz CT molecular complexity index is 179. The predicted molar refractivity (Wildman–Crippen MR) is 56.9 cm³/mol. The molecule has 0 atom stereocenters. The standard InChI is InChI=1S/C12H22F2O/c1-12(2,3)8-9-4-6-10(7-5-9)15-11(13)14/h9-11H,4-8H2,1-3H3. The molecule has 1 rings (SSSR count). The van der Waals surface area contributed by atoms with Gasteiger partial charge in [0.05, 0.1) is 6.10 Å². The van der Waals surface area contributed by atoms with E-state index in [1.807, 2.05) is 0 Å². The van der Waals surface area contributed by atoms with Crippen LogP contribution in [-0.2, 0) is 4.74 Å². The SMILES string of the molecule is CC(C)(C)CC1CCC(OC(F)F)CC1. The van der Waals surface area contributed by atoms with Crippen molar-refractivity contribution in [2.24, 2.45) is 11.3 Å². The molecule has 15 heavy (non-hydrogen) atoms. The Hall–Kier alpha value is -0.180. The normalized spacial score (nSPS) is 28.4. The van der Waals surface area contributed by atoms with Crippen LogP contribution in [0.3, 0.4) is 0 Å². The van der Waals surface area contributed by atoms with Gasteiger partial charge in [-0.1, -0.05) is 20.8 Å². The molecule has 0 aromatic carbocycles. The quantitative estimate of drug-likeness (QED) is 0.692. The molecule has 0 N–H and O–H groups in total. The monoisotopic (exact) mass is 220 g/mol. The molecule has 0 saturated heterocycles. The van der Waals surface area contributed by atoms with E-state index in [1.54, 1.807) is 0 Å². The van der Waals surface area contributed by atoms with E-state index in [4.69, 9.17) is 0 Å². The van der Waals surface area contributed by atoms with Crippen molar-refractivity contribution >= 4 is 0 Å². The molecule has 0 aromatic rings. The van der Waals surface area contributed by atoms with Crippen LogP contribution in [0.1, 0.15) is 52.9 Å². The van der Waals surface area contributed by atoms with E-state index in [2.05, 4.69) is 25.5 Å². The molecule has 3 heteroatoms. The van der Waals surface area contributed by atoms with E-state index in [1.165, 1.54) is 6.42 Å². The average molecular weight is 220 g/mol. The molecular weight excluding hydrogens is 198 g/mol. The maximum atomic E-state index is 12.0. The zero-order chi connectivity index (χ0) is 11.5. The molecule has 0 bridgehead atoms. The molecule has 1 aliphatic carbocycles. The van der Waals surface area contributed by atoms with Gasteiger partial charge in [-0.2, -0.15) is 8.78 Å². The number of rotatable bonds is 3. The van der Waals surface area contributed by atoms with Crippen molar-refractivity contribution in [3.05, 3.63) is 0 Å². The van der Waals surface area contributed by atoms with Crippen LogP contribution in [0.5, 0.6) is 0 Å². The van der Waals surface area contributed by atoms with Crippen molar-refractivity contribution in [1.29, 1.82) is 0 Å². The lowest BCUT2D eigenvalue weighted by Gasteiger charge is -2.32. The summed E-state index contributed by atoms with van der Waals surface area (Å²) >= 11 is 0. The van der Waals surface area contributed by atoms with E-state index in [-0.39, 0.29) is 6.10 Å². The first-order valence-electron chi connectivity index (χ1n) is 5.80. The third-order valence-electron chi connectivity index (χ3n) is 2.99. The van der Waals surface area contributed by atoms with Gasteiger partial charge >= 0.3 is 6.61 Å². The fourth-order valence-electron chi connectivity index (χ4n) is 2.48. The molecule has 0 aromatic heterocycles. The van der Waals surface area contributed by atoms with Gasteiger partial charge in [0.25, 0.3) is 0 Å². The van der Waals surface area contributed by atoms with Gasteiger partial charge < -0.3 is 4.74 Å². The first-order valence-corrected chi connectivity index (χ1v) is 5.80. The van der Waals surface area contributed by atoms with Gasteiger partial charge in [0.2, 0.25) is 0 Å². The third-order valence-corrected chi connectivity index (χ3v) is 2.99. The molecule has 1 saturated carbocycles. The minimum absolute atomic E-state index is 0.207. The highest BCUT2D eigenvalue weighted by molar-refractivity contribution is 4.76. The van der Waals surface area contributed by atoms with Crippen molar-refractivity contribution in [2.75, 3.05) is 0 Å². The molecule has 1 aliphatic rings. The summed E-state index contributed by atoms with van der Waals surface area (Å²) in [6.07, 6.45) is 4.65. The summed E-state index contributed by atoms with van der Waals surface area (Å²) < 4.78 is 28.5. The lowest BCUT2D eigenvalue weighted by molar-refractivity contribution is -0.171. The Kier molecular flexibility index (Phi) is 4.50. The van der Waals surface area contributed by atoms with Crippen LogP contribution in [0, 0.1) is 11.3 Å². The van der Waals surface area contributed by atoms with Crippen molar-refractivity contribution in [3.8, 4) is 0 Å². The number of hydrogen-bond donors (Lipinski definition) is 0. The molecule has 0 spiro atoms. The van der Waals surface area contributed by atoms with E-state index in [0.717, 1.165) is 25.7 Å². The fraction of sp³-hybridized carbons (Fsp3) is 1.00. The van der Waals surface area contributed by atoms with Crippen LogP contribution >= 0.6 is 0 Å². The Morgan fingerprint density at radius 1 is 1.13 bits per heavy atom. The summed E-state index contributed by atoms with van der Waals surface area (Å²) in [5.41, 5.74) is 0.348. The van der Waals surface area contributed by atoms with Gasteiger partial charge in [0.15, 0.2) is 0 Å². The second kappa shape index (κ2) is 5.24. The Balaban J connectivity index is 2.24. The second-order valence-corrected chi connectivity index (χ2v) is 5.80. The largest absolute Gasteiger partial charge is 0.345 e. The number of hydrogen-bond acceptors (Lipinski definition) is 1. The topological polar surface area (TPSA) is 9.23 Å². The van der Waals surface area contributed by atoms with Crippen molar-refractivity contribution in [2.45, 2.75) is 65.6 Å². The predicted octanol–water partition coefficient (Wildman–Crippen LogP) is 4.22. The summed E-state index contributed by atoms with van der Waals surface area (Å²) in [5.74, 6) is 0.697. The number of halogens is 2. The van der Waals surface area contributed by atoms with Crippen molar-refractivity contribution < 1.29 is 13.5 Å². The average Bonchev–Trinajstić information content (AvgIpc) is 2.05. The van der Waals surface area contributed by atoms with Crippen LogP contribution < -0.4 is 0 Å². The van der Waals surface area contributed by atoms with E-state index >= 15 is 0 Å². The molecule has 90 valence electrons. The Labute approximate surface area is 91.2 Å². The minimum Gasteiger partial charge on any atom is -0.320 e. The Morgan fingerprint density at radius 3 is 2.07 bits per heavy atom. The summed E-state index contributed by atoms with van der Waals surface area (Å²) in [5, 5.41) is 0. The van der Waals surface area contributed by atoms with Gasteiger partial charge in [-0.3, -0.25) is 0 Å². The van der Waals surface area contributed by atoms with Crippen LogP contribution in [0.4, 0.5) is 8.78 Å². The molecule has 0 amide bonds. The molecular formula is C12H22F2O. The molecule has 0 radical (unpaired) electrons. The molecule has 1 nitrogen and oxygen atoms in total. The lowest BCUT2D eigenvalue weighted by Crippen LogP contribution is -2.25. The maximum Gasteiger partial charge on any atom is 0.345 e. The van der Waals surface area contributed by atoms with E-state index < -0.39 is 6.61 Å². The fourth-order valence-corrected chi connectivity index (χ4v) is 2.48. The minimum atomic E-state index is -2.60. The molecule has 0 unspecified atom stereocenters. The first-order chi connectivity index (χ1) is 6.87. The lowest BCUT2D eigenvalue weighted by atomic mass is 9.77. The molecule has 1 fully saturated rings. The van der Waals surface area contributed by atoms with Gasteiger partial charge in [-0.15, -0.1) is 0 Å². The maximum absolute atomic E-state index is 12.0. The Morgan fingerprint density at radius 2 is 1.67 bits per heavy atom. The second-order valence-electron chi connectivity index (χ2n) is 5.80. The molecule has 0 heterocycles. The summed E-state index contributed by atoms with van der Waals surface area (Å²) in [6, 6.07) is 0. The first kappa shape index (κ1) is 12.9. The smallest absolute Gasteiger partial charge is 0.320 e. The number of alkyl halides is 2. The van der Waals surface area contributed by atoms with Gasteiger partial charge in [0.1, 0.15) is 0 Å².